The SMILES string of the molecule is COc1ccc(COC(=O)NCCC[C@H](O)C(=O)O)cc1. The Hall–Kier alpha value is -2.28. The van der Waals surface area contributed by atoms with E-state index < -0.39 is 18.2 Å². The fraction of sp³-hybridized carbons (Fsp3) is 0.429. The van der Waals surface area contributed by atoms with Crippen LogP contribution in [-0.2, 0) is 16.1 Å². The molecule has 1 rings (SSSR count). The van der Waals surface area contributed by atoms with Gasteiger partial charge in [-0.25, -0.2) is 9.59 Å². The van der Waals surface area contributed by atoms with E-state index in [0.29, 0.717) is 6.42 Å². The van der Waals surface area contributed by atoms with Crippen molar-refractivity contribution in [3.63, 3.8) is 0 Å². The number of hydrogen-bond acceptors (Lipinski definition) is 5. The molecule has 0 aliphatic carbocycles. The van der Waals surface area contributed by atoms with Crippen molar-refractivity contribution in [1.82, 2.24) is 5.32 Å². The van der Waals surface area contributed by atoms with Gasteiger partial charge in [-0.2, -0.15) is 0 Å². The van der Waals surface area contributed by atoms with Crippen molar-refractivity contribution >= 4 is 12.1 Å². The van der Waals surface area contributed by atoms with Crippen molar-refractivity contribution in [2.75, 3.05) is 13.7 Å². The third kappa shape index (κ3) is 6.62. The number of nitrogens with one attached hydrogen (secondary N) is 1. The lowest BCUT2D eigenvalue weighted by atomic mass is 10.2. The van der Waals surface area contributed by atoms with Crippen LogP contribution in [-0.4, -0.2) is 42.0 Å². The zero-order valence-corrected chi connectivity index (χ0v) is 11.7. The normalized spacial score (nSPS) is 11.5. The Morgan fingerprint density at radius 3 is 2.52 bits per heavy atom. The van der Waals surface area contributed by atoms with Gasteiger partial charge in [-0.15, -0.1) is 0 Å². The number of benzene rings is 1. The molecule has 0 saturated heterocycles. The molecular formula is C14H19NO6. The number of rotatable bonds is 8. The van der Waals surface area contributed by atoms with Gasteiger partial charge >= 0.3 is 12.1 Å². The van der Waals surface area contributed by atoms with E-state index in [4.69, 9.17) is 19.7 Å². The minimum atomic E-state index is -1.40. The van der Waals surface area contributed by atoms with E-state index in [-0.39, 0.29) is 19.6 Å². The lowest BCUT2D eigenvalue weighted by Crippen LogP contribution is -2.27. The molecule has 1 atom stereocenters. The van der Waals surface area contributed by atoms with Crippen LogP contribution in [0.5, 0.6) is 5.75 Å². The first-order chi connectivity index (χ1) is 10.0. The van der Waals surface area contributed by atoms with E-state index in [1.54, 1.807) is 31.4 Å². The summed E-state index contributed by atoms with van der Waals surface area (Å²) in [5, 5.41) is 20.0. The first kappa shape index (κ1) is 16.8. The highest BCUT2D eigenvalue weighted by Crippen LogP contribution is 2.11. The number of methoxy groups -OCH3 is 1. The summed E-state index contributed by atoms with van der Waals surface area (Å²) in [6.07, 6.45) is -1.56. The van der Waals surface area contributed by atoms with E-state index in [1.165, 1.54) is 0 Å². The van der Waals surface area contributed by atoms with Gasteiger partial charge in [0.15, 0.2) is 6.10 Å². The van der Waals surface area contributed by atoms with Gasteiger partial charge in [0.2, 0.25) is 0 Å². The van der Waals surface area contributed by atoms with Crippen molar-refractivity contribution in [3.05, 3.63) is 29.8 Å². The second-order valence-corrected chi connectivity index (χ2v) is 4.35. The summed E-state index contributed by atoms with van der Waals surface area (Å²) in [5.74, 6) is -0.544. The van der Waals surface area contributed by atoms with Gasteiger partial charge in [0.25, 0.3) is 0 Å². The largest absolute Gasteiger partial charge is 0.497 e. The molecule has 0 bridgehead atoms. The van der Waals surface area contributed by atoms with Crippen LogP contribution in [0.15, 0.2) is 24.3 Å². The number of aliphatic carboxylic acids is 1. The molecule has 0 unspecified atom stereocenters. The summed E-state index contributed by atoms with van der Waals surface area (Å²) in [5.41, 5.74) is 0.826. The molecule has 7 nitrogen and oxygen atoms in total. The van der Waals surface area contributed by atoms with Crippen molar-refractivity contribution < 1.29 is 29.3 Å². The summed E-state index contributed by atoms with van der Waals surface area (Å²) >= 11 is 0. The van der Waals surface area contributed by atoms with Crippen LogP contribution in [0.2, 0.25) is 0 Å². The molecule has 1 amide bonds. The Labute approximate surface area is 122 Å². The number of amides is 1. The highest BCUT2D eigenvalue weighted by molar-refractivity contribution is 5.71. The van der Waals surface area contributed by atoms with Gasteiger partial charge < -0.3 is 25.0 Å². The van der Waals surface area contributed by atoms with Crippen molar-refractivity contribution in [2.24, 2.45) is 0 Å². The average Bonchev–Trinajstić information content (AvgIpc) is 2.49. The minimum absolute atomic E-state index is 0.0775. The number of carboxylic acids is 1. The summed E-state index contributed by atoms with van der Waals surface area (Å²) in [6, 6.07) is 7.11. The molecule has 0 saturated carbocycles. The summed E-state index contributed by atoms with van der Waals surface area (Å²) in [6.45, 7) is 0.374. The van der Waals surface area contributed by atoms with Crippen LogP contribution < -0.4 is 10.1 Å². The highest BCUT2D eigenvalue weighted by Gasteiger charge is 2.12. The first-order valence-electron chi connectivity index (χ1n) is 6.47. The van der Waals surface area contributed by atoms with Crippen molar-refractivity contribution in [1.29, 1.82) is 0 Å². The zero-order chi connectivity index (χ0) is 15.7. The molecule has 7 heteroatoms. The Morgan fingerprint density at radius 2 is 1.95 bits per heavy atom. The molecule has 0 fully saturated rings. The van der Waals surface area contributed by atoms with Gasteiger partial charge in [-0.05, 0) is 30.5 Å². The molecule has 0 spiro atoms. The minimum Gasteiger partial charge on any atom is -0.497 e. The Balaban J connectivity index is 2.17. The second-order valence-electron chi connectivity index (χ2n) is 4.35. The Bertz CT molecular complexity index is 459. The van der Waals surface area contributed by atoms with Crippen LogP contribution in [0.1, 0.15) is 18.4 Å². The van der Waals surface area contributed by atoms with Gasteiger partial charge in [-0.1, -0.05) is 12.1 Å². The predicted octanol–water partition coefficient (Wildman–Crippen LogP) is 1.15. The van der Waals surface area contributed by atoms with E-state index in [9.17, 15) is 9.59 Å². The quantitative estimate of drug-likeness (QED) is 0.622. The molecule has 0 aromatic heterocycles. The van der Waals surface area contributed by atoms with E-state index in [1.807, 2.05) is 0 Å². The molecule has 21 heavy (non-hydrogen) atoms. The molecule has 116 valence electrons. The van der Waals surface area contributed by atoms with Gasteiger partial charge in [-0.3, -0.25) is 0 Å². The topological polar surface area (TPSA) is 105 Å². The molecule has 1 aromatic rings. The van der Waals surface area contributed by atoms with Crippen LogP contribution in [0, 0.1) is 0 Å². The highest BCUT2D eigenvalue weighted by atomic mass is 16.5. The fourth-order valence-electron chi connectivity index (χ4n) is 1.53. The summed E-state index contributed by atoms with van der Waals surface area (Å²) < 4.78 is 10.0. The third-order valence-corrected chi connectivity index (χ3v) is 2.74. The number of aliphatic hydroxyl groups is 1. The molecule has 0 radical (unpaired) electrons. The number of hydrogen-bond donors (Lipinski definition) is 3. The van der Waals surface area contributed by atoms with Gasteiger partial charge in [0, 0.05) is 6.54 Å². The molecule has 0 aliphatic heterocycles. The summed E-state index contributed by atoms with van der Waals surface area (Å²) in [4.78, 5) is 21.7. The smallest absolute Gasteiger partial charge is 0.407 e. The zero-order valence-electron chi connectivity index (χ0n) is 11.7. The monoisotopic (exact) mass is 297 g/mol. The molecule has 1 aromatic carbocycles. The van der Waals surface area contributed by atoms with E-state index in [2.05, 4.69) is 5.32 Å². The maximum atomic E-state index is 11.4. The Morgan fingerprint density at radius 1 is 1.29 bits per heavy atom. The van der Waals surface area contributed by atoms with Crippen LogP contribution in [0.4, 0.5) is 4.79 Å². The maximum absolute atomic E-state index is 11.4. The third-order valence-electron chi connectivity index (χ3n) is 2.74. The van der Waals surface area contributed by atoms with Crippen LogP contribution in [0.3, 0.4) is 0 Å². The number of aliphatic hydroxyl groups excluding tert-OH is 1. The maximum Gasteiger partial charge on any atom is 0.407 e. The van der Waals surface area contributed by atoms with Gasteiger partial charge in [0.05, 0.1) is 7.11 Å². The predicted molar refractivity (Wildman–Crippen MR) is 74.1 cm³/mol. The van der Waals surface area contributed by atoms with E-state index in [0.717, 1.165) is 11.3 Å². The standard InChI is InChI=1S/C14H19NO6/c1-20-11-6-4-10(5-7-11)9-21-14(19)15-8-2-3-12(16)13(17)18/h4-7,12,16H,2-3,8-9H2,1H3,(H,15,19)(H,17,18)/t12-/m0/s1. The number of ether oxygens (including phenoxy) is 2. The fourth-order valence-corrected chi connectivity index (χ4v) is 1.53. The number of carbonyl (C=O) groups excluding carboxylic acids is 1. The van der Waals surface area contributed by atoms with Crippen LogP contribution in [0.25, 0.3) is 0 Å². The average molecular weight is 297 g/mol. The Kier molecular flexibility index (Phi) is 7.03. The number of carboxylic acid groups (broad SMARTS) is 1. The molecule has 0 heterocycles. The molecular weight excluding hydrogens is 278 g/mol. The van der Waals surface area contributed by atoms with E-state index >= 15 is 0 Å². The lowest BCUT2D eigenvalue weighted by Gasteiger charge is -2.08. The number of alkyl carbamates (subject to hydrolysis) is 1. The van der Waals surface area contributed by atoms with Gasteiger partial charge in [0.1, 0.15) is 12.4 Å². The van der Waals surface area contributed by atoms with Crippen molar-refractivity contribution in [2.45, 2.75) is 25.6 Å². The lowest BCUT2D eigenvalue weighted by molar-refractivity contribution is -0.146. The summed E-state index contributed by atoms with van der Waals surface area (Å²) in [7, 11) is 1.57. The first-order valence-corrected chi connectivity index (χ1v) is 6.47. The van der Waals surface area contributed by atoms with Crippen LogP contribution >= 0.6 is 0 Å². The van der Waals surface area contributed by atoms with Crippen molar-refractivity contribution in [3.8, 4) is 5.75 Å². The molecule has 0 aliphatic rings. The molecule has 3 N–H and O–H groups in total. The number of carbonyl (C=O) groups is 2. The second kappa shape index (κ2) is 8.80.